The maximum absolute atomic E-state index is 10.6. The standard InChI is InChI=1S/C19H22O5/c1-14-3-7-16(8-4-14)23-11-12-24-17-9-5-15(6-10-19(20)21)13-18(17)22-2/h3-5,7-9,13H,6,10-12H2,1-2H3,(H,20,21). The Morgan fingerprint density at radius 1 is 1.00 bits per heavy atom. The number of hydrogen-bond donors (Lipinski definition) is 1. The van der Waals surface area contributed by atoms with E-state index in [1.54, 1.807) is 19.2 Å². The van der Waals surface area contributed by atoms with Crippen LogP contribution in [-0.2, 0) is 11.2 Å². The van der Waals surface area contributed by atoms with Gasteiger partial charge in [0, 0.05) is 6.42 Å². The van der Waals surface area contributed by atoms with Crippen molar-refractivity contribution in [3.63, 3.8) is 0 Å². The van der Waals surface area contributed by atoms with E-state index in [4.69, 9.17) is 19.3 Å². The monoisotopic (exact) mass is 330 g/mol. The summed E-state index contributed by atoms with van der Waals surface area (Å²) in [6.07, 6.45) is 0.552. The molecule has 1 N–H and O–H groups in total. The lowest BCUT2D eigenvalue weighted by Crippen LogP contribution is -2.09. The Kier molecular flexibility index (Phi) is 6.49. The predicted octanol–water partition coefficient (Wildman–Crippen LogP) is 3.48. The number of hydrogen-bond acceptors (Lipinski definition) is 4. The van der Waals surface area contributed by atoms with E-state index < -0.39 is 5.97 Å². The van der Waals surface area contributed by atoms with E-state index in [1.807, 2.05) is 37.3 Å². The largest absolute Gasteiger partial charge is 0.493 e. The first kappa shape index (κ1) is 17.7. The zero-order valence-electron chi connectivity index (χ0n) is 14.0. The van der Waals surface area contributed by atoms with Gasteiger partial charge < -0.3 is 19.3 Å². The summed E-state index contributed by atoms with van der Waals surface area (Å²) in [5, 5.41) is 8.74. The third-order valence-electron chi connectivity index (χ3n) is 3.49. The Bertz CT molecular complexity index is 664. The molecule has 0 amide bonds. The molecule has 128 valence electrons. The number of carboxylic acid groups (broad SMARTS) is 1. The predicted molar refractivity (Wildman–Crippen MR) is 91.1 cm³/mol. The highest BCUT2D eigenvalue weighted by Crippen LogP contribution is 2.28. The smallest absolute Gasteiger partial charge is 0.303 e. The SMILES string of the molecule is COc1cc(CCC(=O)O)ccc1OCCOc1ccc(C)cc1. The molecule has 24 heavy (non-hydrogen) atoms. The highest BCUT2D eigenvalue weighted by molar-refractivity contribution is 5.67. The van der Waals surface area contributed by atoms with Crippen molar-refractivity contribution < 1.29 is 24.1 Å². The van der Waals surface area contributed by atoms with Crippen molar-refractivity contribution in [2.75, 3.05) is 20.3 Å². The zero-order chi connectivity index (χ0) is 17.4. The quantitative estimate of drug-likeness (QED) is 0.713. The molecule has 0 aliphatic carbocycles. The van der Waals surface area contributed by atoms with E-state index in [9.17, 15) is 4.79 Å². The molecule has 5 nitrogen and oxygen atoms in total. The normalized spacial score (nSPS) is 10.2. The minimum Gasteiger partial charge on any atom is -0.493 e. The number of carbonyl (C=O) groups is 1. The molecule has 0 atom stereocenters. The van der Waals surface area contributed by atoms with Crippen molar-refractivity contribution >= 4 is 5.97 Å². The molecule has 0 heterocycles. The molecule has 2 aromatic carbocycles. The van der Waals surface area contributed by atoms with Gasteiger partial charge in [0.2, 0.25) is 0 Å². The van der Waals surface area contributed by atoms with Gasteiger partial charge in [-0.15, -0.1) is 0 Å². The van der Waals surface area contributed by atoms with Crippen LogP contribution in [0.4, 0.5) is 0 Å². The summed E-state index contributed by atoms with van der Waals surface area (Å²) in [5.74, 6) is 1.19. The van der Waals surface area contributed by atoms with Gasteiger partial charge in [0.05, 0.1) is 7.11 Å². The summed E-state index contributed by atoms with van der Waals surface area (Å²) in [6, 6.07) is 13.3. The van der Waals surface area contributed by atoms with Gasteiger partial charge in [-0.3, -0.25) is 4.79 Å². The highest BCUT2D eigenvalue weighted by Gasteiger charge is 2.07. The van der Waals surface area contributed by atoms with Crippen LogP contribution in [0, 0.1) is 6.92 Å². The minimum atomic E-state index is -0.817. The number of ether oxygens (including phenoxy) is 3. The van der Waals surface area contributed by atoms with Gasteiger partial charge in [0.1, 0.15) is 19.0 Å². The summed E-state index contributed by atoms with van der Waals surface area (Å²) in [4.78, 5) is 10.6. The third kappa shape index (κ3) is 5.50. The molecule has 0 aromatic heterocycles. The minimum absolute atomic E-state index is 0.0910. The first-order valence-corrected chi connectivity index (χ1v) is 7.79. The number of aryl methyl sites for hydroxylation is 2. The number of carboxylic acids is 1. The van der Waals surface area contributed by atoms with Crippen molar-refractivity contribution in [1.29, 1.82) is 0 Å². The fourth-order valence-electron chi connectivity index (χ4n) is 2.18. The topological polar surface area (TPSA) is 65.0 Å². The first-order valence-electron chi connectivity index (χ1n) is 7.79. The Morgan fingerprint density at radius 2 is 1.71 bits per heavy atom. The summed E-state index contributed by atoms with van der Waals surface area (Å²) in [7, 11) is 1.56. The van der Waals surface area contributed by atoms with Crippen molar-refractivity contribution in [2.24, 2.45) is 0 Å². The Balaban J connectivity index is 1.85. The van der Waals surface area contributed by atoms with Crippen molar-refractivity contribution in [1.82, 2.24) is 0 Å². The van der Waals surface area contributed by atoms with Crippen LogP contribution >= 0.6 is 0 Å². The molecule has 0 fully saturated rings. The van der Waals surface area contributed by atoms with E-state index >= 15 is 0 Å². The van der Waals surface area contributed by atoms with Crippen LogP contribution < -0.4 is 14.2 Å². The van der Waals surface area contributed by atoms with E-state index in [1.165, 1.54) is 5.56 Å². The number of rotatable bonds is 9. The van der Waals surface area contributed by atoms with Crippen molar-refractivity contribution in [2.45, 2.75) is 19.8 Å². The molecule has 0 unspecified atom stereocenters. The lowest BCUT2D eigenvalue weighted by atomic mass is 10.1. The molecule has 2 rings (SSSR count). The Morgan fingerprint density at radius 3 is 2.38 bits per heavy atom. The summed E-state index contributed by atoms with van der Waals surface area (Å²) in [6.45, 7) is 2.84. The number of benzene rings is 2. The van der Waals surface area contributed by atoms with Crippen LogP contribution in [0.1, 0.15) is 17.5 Å². The van der Waals surface area contributed by atoms with Gasteiger partial charge in [0.25, 0.3) is 0 Å². The van der Waals surface area contributed by atoms with E-state index in [0.717, 1.165) is 11.3 Å². The molecule has 5 heteroatoms. The second kappa shape index (κ2) is 8.82. The number of aliphatic carboxylic acids is 1. The molecular weight excluding hydrogens is 308 g/mol. The van der Waals surface area contributed by atoms with Crippen LogP contribution in [0.2, 0.25) is 0 Å². The van der Waals surface area contributed by atoms with E-state index in [2.05, 4.69) is 0 Å². The Labute approximate surface area is 141 Å². The van der Waals surface area contributed by atoms with Gasteiger partial charge >= 0.3 is 5.97 Å². The lowest BCUT2D eigenvalue weighted by molar-refractivity contribution is -0.136. The van der Waals surface area contributed by atoms with Crippen LogP contribution in [-0.4, -0.2) is 31.4 Å². The molecule has 0 radical (unpaired) electrons. The zero-order valence-corrected chi connectivity index (χ0v) is 14.0. The summed E-state index contributed by atoms with van der Waals surface area (Å²) >= 11 is 0. The second-order valence-corrected chi connectivity index (χ2v) is 5.39. The van der Waals surface area contributed by atoms with Gasteiger partial charge in [-0.2, -0.15) is 0 Å². The molecule has 2 aromatic rings. The second-order valence-electron chi connectivity index (χ2n) is 5.39. The van der Waals surface area contributed by atoms with E-state index in [-0.39, 0.29) is 6.42 Å². The van der Waals surface area contributed by atoms with Crippen molar-refractivity contribution in [3.05, 3.63) is 53.6 Å². The molecule has 0 saturated heterocycles. The molecule has 0 spiro atoms. The van der Waals surface area contributed by atoms with Gasteiger partial charge in [0.15, 0.2) is 11.5 Å². The van der Waals surface area contributed by atoms with Crippen LogP contribution in [0.15, 0.2) is 42.5 Å². The van der Waals surface area contributed by atoms with Crippen LogP contribution in [0.3, 0.4) is 0 Å². The molecular formula is C19H22O5. The van der Waals surface area contributed by atoms with Gasteiger partial charge in [-0.25, -0.2) is 0 Å². The van der Waals surface area contributed by atoms with Crippen LogP contribution in [0.25, 0.3) is 0 Å². The summed E-state index contributed by atoms with van der Waals surface area (Å²) in [5.41, 5.74) is 2.09. The summed E-state index contributed by atoms with van der Waals surface area (Å²) < 4.78 is 16.6. The maximum atomic E-state index is 10.6. The van der Waals surface area contributed by atoms with Gasteiger partial charge in [-0.05, 0) is 43.2 Å². The first-order chi connectivity index (χ1) is 11.6. The molecule has 0 bridgehead atoms. The highest BCUT2D eigenvalue weighted by atomic mass is 16.5. The molecule has 0 aliphatic heterocycles. The molecule has 0 aliphatic rings. The fraction of sp³-hybridized carbons (Fsp3) is 0.316. The van der Waals surface area contributed by atoms with Crippen LogP contribution in [0.5, 0.6) is 17.2 Å². The third-order valence-corrected chi connectivity index (χ3v) is 3.49. The average Bonchev–Trinajstić information content (AvgIpc) is 2.59. The number of methoxy groups -OCH3 is 1. The maximum Gasteiger partial charge on any atom is 0.303 e. The lowest BCUT2D eigenvalue weighted by Gasteiger charge is -2.12. The fourth-order valence-corrected chi connectivity index (χ4v) is 2.18. The van der Waals surface area contributed by atoms with Gasteiger partial charge in [-0.1, -0.05) is 23.8 Å². The average molecular weight is 330 g/mol. The van der Waals surface area contributed by atoms with E-state index in [0.29, 0.717) is 31.1 Å². The van der Waals surface area contributed by atoms with Crippen molar-refractivity contribution in [3.8, 4) is 17.2 Å². The Hall–Kier alpha value is -2.69. The molecule has 0 saturated carbocycles.